The Morgan fingerprint density at radius 1 is 0.962 bits per heavy atom. The van der Waals surface area contributed by atoms with Gasteiger partial charge in [-0.25, -0.2) is 12.8 Å². The lowest BCUT2D eigenvalue weighted by atomic mass is 10.1. The molecule has 0 bridgehead atoms. The molecular weight excluding hydrogens is 417 g/mol. The van der Waals surface area contributed by atoms with Crippen LogP contribution in [0.2, 0.25) is 0 Å². The molecule has 0 aliphatic heterocycles. The lowest BCUT2D eigenvalue weighted by molar-refractivity contribution is 0.563. The van der Waals surface area contributed by atoms with Gasteiger partial charge in [-0.1, -0.05) is 58.4 Å². The molecule has 0 aromatic heterocycles. The number of rotatable bonds is 5. The Morgan fingerprint density at radius 3 is 2.35 bits per heavy atom. The monoisotopic (exact) mass is 433 g/mol. The number of nitrogens with zero attached hydrogens (tertiary/aromatic N) is 1. The third kappa shape index (κ3) is 3.81. The summed E-state index contributed by atoms with van der Waals surface area (Å²) in [6.45, 7) is 2.03. The number of hydrogen-bond acceptors (Lipinski definition) is 2. The van der Waals surface area contributed by atoms with Crippen molar-refractivity contribution in [1.82, 2.24) is 0 Å². The molecule has 0 amide bonds. The molecule has 0 saturated heterocycles. The minimum atomic E-state index is -4.08. The van der Waals surface area contributed by atoms with Crippen LogP contribution in [-0.2, 0) is 16.6 Å². The van der Waals surface area contributed by atoms with Gasteiger partial charge in [0, 0.05) is 4.47 Å². The van der Waals surface area contributed by atoms with Crippen molar-refractivity contribution in [2.45, 2.75) is 18.4 Å². The van der Waals surface area contributed by atoms with Gasteiger partial charge in [-0.3, -0.25) is 4.31 Å². The van der Waals surface area contributed by atoms with Crippen LogP contribution in [0.3, 0.4) is 0 Å². The van der Waals surface area contributed by atoms with Gasteiger partial charge in [0.2, 0.25) is 0 Å². The van der Waals surface area contributed by atoms with Crippen molar-refractivity contribution < 1.29 is 12.8 Å². The molecule has 0 radical (unpaired) electrons. The number of sulfonamides is 1. The van der Waals surface area contributed by atoms with E-state index in [2.05, 4.69) is 15.9 Å². The van der Waals surface area contributed by atoms with E-state index in [1.807, 2.05) is 37.3 Å². The third-order valence-corrected chi connectivity index (χ3v) is 6.38. The summed E-state index contributed by atoms with van der Waals surface area (Å²) in [4.78, 5) is -0.339. The first-order valence-electron chi connectivity index (χ1n) is 7.97. The molecule has 0 aliphatic carbocycles. The molecule has 3 aromatic carbocycles. The van der Waals surface area contributed by atoms with Gasteiger partial charge in [0.05, 0.1) is 12.2 Å². The molecule has 0 saturated carbocycles. The van der Waals surface area contributed by atoms with E-state index in [9.17, 15) is 12.8 Å². The number of benzene rings is 3. The predicted molar refractivity (Wildman–Crippen MR) is 105 cm³/mol. The van der Waals surface area contributed by atoms with Crippen molar-refractivity contribution in [3.8, 4) is 0 Å². The van der Waals surface area contributed by atoms with E-state index in [0.717, 1.165) is 21.7 Å². The van der Waals surface area contributed by atoms with Crippen molar-refractivity contribution in [2.24, 2.45) is 0 Å². The molecule has 0 aliphatic rings. The summed E-state index contributed by atoms with van der Waals surface area (Å²) in [7, 11) is -4.08. The molecule has 0 heterocycles. The largest absolute Gasteiger partial charge is 0.267 e. The molecule has 6 heteroatoms. The summed E-state index contributed by atoms with van der Waals surface area (Å²) >= 11 is 3.37. The fraction of sp³-hybridized carbons (Fsp3) is 0.100. The van der Waals surface area contributed by atoms with Crippen molar-refractivity contribution in [3.05, 3.63) is 94.2 Å². The van der Waals surface area contributed by atoms with Crippen LogP contribution in [0.25, 0.3) is 0 Å². The zero-order valence-electron chi connectivity index (χ0n) is 14.1. The second kappa shape index (κ2) is 7.60. The van der Waals surface area contributed by atoms with E-state index in [1.165, 1.54) is 22.5 Å². The molecule has 134 valence electrons. The minimum Gasteiger partial charge on any atom is -0.262 e. The Balaban J connectivity index is 2.15. The normalized spacial score (nSPS) is 11.3. The maximum absolute atomic E-state index is 14.2. The molecule has 0 atom stereocenters. The average molecular weight is 434 g/mol. The summed E-state index contributed by atoms with van der Waals surface area (Å²) < 4.78 is 42.7. The van der Waals surface area contributed by atoms with Crippen LogP contribution in [0, 0.1) is 12.7 Å². The molecule has 3 rings (SSSR count). The first-order valence-corrected chi connectivity index (χ1v) is 10.2. The van der Waals surface area contributed by atoms with Crippen LogP contribution < -0.4 is 4.31 Å². The Bertz CT molecular complexity index is 1040. The fourth-order valence-electron chi connectivity index (χ4n) is 2.66. The topological polar surface area (TPSA) is 37.4 Å². The zero-order chi connectivity index (χ0) is 18.7. The highest BCUT2D eigenvalue weighted by molar-refractivity contribution is 9.10. The second-order valence-electron chi connectivity index (χ2n) is 5.85. The van der Waals surface area contributed by atoms with Gasteiger partial charge in [-0.15, -0.1) is 0 Å². The number of aryl methyl sites for hydroxylation is 1. The summed E-state index contributed by atoms with van der Waals surface area (Å²) in [5.41, 5.74) is 2.29. The zero-order valence-corrected chi connectivity index (χ0v) is 16.5. The van der Waals surface area contributed by atoms with E-state index in [4.69, 9.17) is 0 Å². The van der Waals surface area contributed by atoms with Gasteiger partial charge in [0.25, 0.3) is 10.0 Å². The van der Waals surface area contributed by atoms with Crippen molar-refractivity contribution in [3.63, 3.8) is 0 Å². The van der Waals surface area contributed by atoms with Crippen molar-refractivity contribution in [2.75, 3.05) is 4.31 Å². The average Bonchev–Trinajstić information content (AvgIpc) is 2.61. The first-order chi connectivity index (χ1) is 12.4. The Morgan fingerprint density at radius 2 is 1.65 bits per heavy atom. The molecular formula is C20H17BrFNO2S. The van der Waals surface area contributed by atoms with Crippen LogP contribution in [-0.4, -0.2) is 8.42 Å². The lowest BCUT2D eigenvalue weighted by Crippen LogP contribution is -2.31. The maximum atomic E-state index is 14.2. The van der Waals surface area contributed by atoms with Gasteiger partial charge in [-0.05, 0) is 48.4 Å². The summed E-state index contributed by atoms with van der Waals surface area (Å²) in [5.74, 6) is -0.766. The standard InChI is InChI=1S/C20H17BrFNO2S/c1-15-7-2-3-8-16(15)14-23(18-10-6-9-17(21)13-18)26(24,25)20-12-5-4-11-19(20)22/h2-13H,14H2,1H3. The second-order valence-corrected chi connectivity index (χ2v) is 8.59. The van der Waals surface area contributed by atoms with E-state index < -0.39 is 15.8 Å². The smallest absolute Gasteiger partial charge is 0.262 e. The maximum Gasteiger partial charge on any atom is 0.267 e. The molecule has 0 unspecified atom stereocenters. The Hall–Kier alpha value is -2.18. The molecule has 0 spiro atoms. The molecule has 0 N–H and O–H groups in total. The number of hydrogen-bond donors (Lipinski definition) is 0. The van der Waals surface area contributed by atoms with E-state index in [-0.39, 0.29) is 11.4 Å². The van der Waals surface area contributed by atoms with Crippen LogP contribution in [0.15, 0.2) is 82.2 Å². The molecule has 0 fully saturated rings. The van der Waals surface area contributed by atoms with Gasteiger partial charge in [0.1, 0.15) is 10.7 Å². The summed E-state index contributed by atoms with van der Waals surface area (Å²) in [6, 6.07) is 19.9. The quantitative estimate of drug-likeness (QED) is 0.547. The van der Waals surface area contributed by atoms with Crippen molar-refractivity contribution >= 4 is 31.6 Å². The highest BCUT2D eigenvalue weighted by Gasteiger charge is 2.28. The van der Waals surface area contributed by atoms with Crippen LogP contribution in [0.4, 0.5) is 10.1 Å². The van der Waals surface area contributed by atoms with Crippen LogP contribution >= 0.6 is 15.9 Å². The van der Waals surface area contributed by atoms with Gasteiger partial charge in [0.15, 0.2) is 0 Å². The lowest BCUT2D eigenvalue weighted by Gasteiger charge is -2.25. The predicted octanol–water partition coefficient (Wildman–Crippen LogP) is 5.29. The molecule has 26 heavy (non-hydrogen) atoms. The molecule has 3 nitrogen and oxygen atoms in total. The van der Waals surface area contributed by atoms with Crippen LogP contribution in [0.5, 0.6) is 0 Å². The fourth-order valence-corrected chi connectivity index (χ4v) is 4.55. The Labute approximate surface area is 161 Å². The Kier molecular flexibility index (Phi) is 5.44. The van der Waals surface area contributed by atoms with Crippen LogP contribution in [0.1, 0.15) is 11.1 Å². The number of halogens is 2. The van der Waals surface area contributed by atoms with Gasteiger partial charge >= 0.3 is 0 Å². The van der Waals surface area contributed by atoms with Gasteiger partial charge < -0.3 is 0 Å². The van der Waals surface area contributed by atoms with E-state index >= 15 is 0 Å². The summed E-state index contributed by atoms with van der Waals surface area (Å²) in [6.07, 6.45) is 0. The molecule has 3 aromatic rings. The third-order valence-electron chi connectivity index (χ3n) is 4.08. The van der Waals surface area contributed by atoms with Gasteiger partial charge in [-0.2, -0.15) is 0 Å². The highest BCUT2D eigenvalue weighted by atomic mass is 79.9. The minimum absolute atomic E-state index is 0.111. The van der Waals surface area contributed by atoms with E-state index in [0.29, 0.717) is 5.69 Å². The van der Waals surface area contributed by atoms with E-state index in [1.54, 1.807) is 18.2 Å². The SMILES string of the molecule is Cc1ccccc1CN(c1cccc(Br)c1)S(=O)(=O)c1ccccc1F. The van der Waals surface area contributed by atoms with Crippen molar-refractivity contribution in [1.29, 1.82) is 0 Å². The number of anilines is 1. The first kappa shape index (κ1) is 18.6. The summed E-state index contributed by atoms with van der Waals surface area (Å²) in [5, 5.41) is 0. The highest BCUT2D eigenvalue weighted by Crippen LogP contribution is 2.29.